The van der Waals surface area contributed by atoms with Crippen molar-refractivity contribution in [3.8, 4) is 0 Å². The van der Waals surface area contributed by atoms with Gasteiger partial charge in [-0.2, -0.15) is 0 Å². The maximum absolute atomic E-state index is 12.1. The van der Waals surface area contributed by atoms with Crippen LogP contribution in [0.5, 0.6) is 0 Å². The number of carbonyl (C=O) groups is 1. The van der Waals surface area contributed by atoms with Gasteiger partial charge in [-0.05, 0) is 24.3 Å². The number of rotatable bonds is 6. The van der Waals surface area contributed by atoms with E-state index in [4.69, 9.17) is 0 Å². The number of hydrogen-bond donors (Lipinski definition) is 2. The minimum absolute atomic E-state index is 0.0557. The van der Waals surface area contributed by atoms with E-state index in [1.807, 2.05) is 6.92 Å². The molecule has 0 aliphatic heterocycles. The van der Waals surface area contributed by atoms with Gasteiger partial charge in [-0.25, -0.2) is 4.98 Å². The Kier molecular flexibility index (Phi) is 4.86. The lowest BCUT2D eigenvalue weighted by atomic mass is 10.2. The second kappa shape index (κ2) is 6.62. The van der Waals surface area contributed by atoms with Crippen LogP contribution in [-0.4, -0.2) is 33.2 Å². The molecule has 0 aliphatic rings. The lowest BCUT2D eigenvalue weighted by Crippen LogP contribution is -2.33. The highest BCUT2D eigenvalue weighted by Crippen LogP contribution is 2.13. The minimum Gasteiger partial charge on any atom is -0.393 e. The van der Waals surface area contributed by atoms with Gasteiger partial charge in [-0.1, -0.05) is 6.92 Å². The molecule has 6 nitrogen and oxygen atoms in total. The van der Waals surface area contributed by atoms with E-state index in [1.165, 1.54) is 22.2 Å². The summed E-state index contributed by atoms with van der Waals surface area (Å²) >= 11 is 1.40. The molecule has 7 heteroatoms. The zero-order valence-electron chi connectivity index (χ0n) is 11.2. The van der Waals surface area contributed by atoms with E-state index in [0.29, 0.717) is 29.6 Å². The summed E-state index contributed by atoms with van der Waals surface area (Å²) in [7, 11) is 0. The summed E-state index contributed by atoms with van der Waals surface area (Å²) < 4.78 is 1.29. The number of aliphatic hydroxyl groups is 1. The molecule has 20 heavy (non-hydrogen) atoms. The van der Waals surface area contributed by atoms with Crippen LogP contribution in [0.25, 0.3) is 10.2 Å². The molecule has 0 saturated carbocycles. The van der Waals surface area contributed by atoms with Crippen molar-refractivity contribution in [1.29, 1.82) is 0 Å². The van der Waals surface area contributed by atoms with Crippen molar-refractivity contribution < 1.29 is 9.90 Å². The summed E-state index contributed by atoms with van der Waals surface area (Å²) in [4.78, 5) is 28.6. The molecule has 1 unspecified atom stereocenters. The van der Waals surface area contributed by atoms with Crippen LogP contribution in [0.1, 0.15) is 19.8 Å². The van der Waals surface area contributed by atoms with Crippen LogP contribution in [0, 0.1) is 0 Å². The van der Waals surface area contributed by atoms with Gasteiger partial charge in [0.1, 0.15) is 11.4 Å². The standard InChI is InChI=1S/C13H17N3O3S/c1-2-9(17)3-5-14-11(18)7-16-8-15-12-10(13(16)19)4-6-20-12/h4,6,8-9,17H,2-3,5,7H2,1H3,(H,14,18). The van der Waals surface area contributed by atoms with Gasteiger partial charge < -0.3 is 10.4 Å². The van der Waals surface area contributed by atoms with Crippen molar-refractivity contribution in [2.45, 2.75) is 32.4 Å². The fourth-order valence-electron chi connectivity index (χ4n) is 1.80. The Balaban J connectivity index is 1.96. The molecule has 1 amide bonds. The third-order valence-corrected chi connectivity index (χ3v) is 3.86. The van der Waals surface area contributed by atoms with Gasteiger partial charge in [-0.15, -0.1) is 11.3 Å². The SMILES string of the molecule is CCC(O)CCNC(=O)Cn1cnc2sccc2c1=O. The molecule has 2 N–H and O–H groups in total. The number of thiophene rings is 1. The predicted molar refractivity (Wildman–Crippen MR) is 77.8 cm³/mol. The average molecular weight is 295 g/mol. The molecular weight excluding hydrogens is 278 g/mol. The van der Waals surface area contributed by atoms with E-state index in [-0.39, 0.29) is 18.0 Å². The molecule has 0 spiro atoms. The topological polar surface area (TPSA) is 84.2 Å². The smallest absolute Gasteiger partial charge is 0.262 e. The van der Waals surface area contributed by atoms with Gasteiger partial charge in [0.25, 0.3) is 5.56 Å². The number of aliphatic hydroxyl groups excluding tert-OH is 1. The van der Waals surface area contributed by atoms with E-state index in [1.54, 1.807) is 11.4 Å². The molecule has 108 valence electrons. The van der Waals surface area contributed by atoms with Gasteiger partial charge in [0.15, 0.2) is 0 Å². The third-order valence-electron chi connectivity index (χ3n) is 3.04. The molecule has 0 saturated heterocycles. The summed E-state index contributed by atoms with van der Waals surface area (Å²) in [6, 6.07) is 1.71. The molecule has 2 aromatic heterocycles. The van der Waals surface area contributed by atoms with E-state index < -0.39 is 6.10 Å². The molecule has 1 atom stereocenters. The second-order valence-electron chi connectivity index (χ2n) is 4.52. The van der Waals surface area contributed by atoms with Crippen LogP contribution in [0.3, 0.4) is 0 Å². The Morgan fingerprint density at radius 2 is 2.40 bits per heavy atom. The van der Waals surface area contributed by atoms with E-state index in [9.17, 15) is 14.7 Å². The summed E-state index contributed by atoms with van der Waals surface area (Å²) in [6.07, 6.45) is 2.16. The molecule has 2 rings (SSSR count). The van der Waals surface area contributed by atoms with Crippen molar-refractivity contribution in [2.24, 2.45) is 0 Å². The normalized spacial score (nSPS) is 12.5. The van der Waals surface area contributed by atoms with Crippen LogP contribution in [-0.2, 0) is 11.3 Å². The van der Waals surface area contributed by atoms with Crippen LogP contribution in [0.15, 0.2) is 22.6 Å². The first-order valence-electron chi connectivity index (χ1n) is 6.49. The first-order chi connectivity index (χ1) is 9.61. The molecular formula is C13H17N3O3S. The highest BCUT2D eigenvalue weighted by molar-refractivity contribution is 7.16. The predicted octanol–water partition coefficient (Wildman–Crippen LogP) is 0.735. The van der Waals surface area contributed by atoms with E-state index in [2.05, 4.69) is 10.3 Å². The molecule has 0 aliphatic carbocycles. The summed E-state index contributed by atoms with van der Waals surface area (Å²) in [6.45, 7) is 2.23. The van der Waals surface area contributed by atoms with Crippen LogP contribution < -0.4 is 10.9 Å². The second-order valence-corrected chi connectivity index (χ2v) is 5.41. The Labute approximate surface area is 120 Å². The number of fused-ring (bicyclic) bond motifs is 1. The van der Waals surface area contributed by atoms with Gasteiger partial charge in [0.05, 0.1) is 17.8 Å². The molecule has 2 heterocycles. The maximum Gasteiger partial charge on any atom is 0.262 e. The van der Waals surface area contributed by atoms with Crippen molar-refractivity contribution in [1.82, 2.24) is 14.9 Å². The molecule has 0 fully saturated rings. The van der Waals surface area contributed by atoms with Gasteiger partial charge in [0, 0.05) is 6.54 Å². The molecule has 0 bridgehead atoms. The number of carbonyl (C=O) groups excluding carboxylic acids is 1. The highest BCUT2D eigenvalue weighted by Gasteiger charge is 2.09. The Bertz CT molecular complexity index is 650. The lowest BCUT2D eigenvalue weighted by molar-refractivity contribution is -0.121. The summed E-state index contributed by atoms with van der Waals surface area (Å²) in [5, 5.41) is 14.4. The Morgan fingerprint density at radius 3 is 3.15 bits per heavy atom. The minimum atomic E-state index is -0.401. The van der Waals surface area contributed by atoms with Gasteiger partial charge >= 0.3 is 0 Å². The molecule has 2 aromatic rings. The third kappa shape index (κ3) is 3.43. The number of nitrogens with one attached hydrogen (secondary N) is 1. The monoisotopic (exact) mass is 295 g/mol. The molecule has 0 aromatic carbocycles. The van der Waals surface area contributed by atoms with Crippen molar-refractivity contribution in [3.05, 3.63) is 28.1 Å². The average Bonchev–Trinajstić information content (AvgIpc) is 2.91. The Morgan fingerprint density at radius 1 is 1.60 bits per heavy atom. The number of nitrogens with zero attached hydrogens (tertiary/aromatic N) is 2. The first-order valence-corrected chi connectivity index (χ1v) is 7.37. The highest BCUT2D eigenvalue weighted by atomic mass is 32.1. The maximum atomic E-state index is 12.1. The first kappa shape index (κ1) is 14.7. The van der Waals surface area contributed by atoms with Crippen LogP contribution >= 0.6 is 11.3 Å². The quantitative estimate of drug-likeness (QED) is 0.823. The van der Waals surface area contributed by atoms with Gasteiger partial charge in [-0.3, -0.25) is 14.2 Å². The van der Waals surface area contributed by atoms with Crippen LogP contribution in [0.4, 0.5) is 0 Å². The summed E-state index contributed by atoms with van der Waals surface area (Å²) in [5.41, 5.74) is -0.208. The van der Waals surface area contributed by atoms with Crippen molar-refractivity contribution in [2.75, 3.05) is 6.54 Å². The number of aromatic nitrogens is 2. The zero-order valence-corrected chi connectivity index (χ0v) is 12.0. The van der Waals surface area contributed by atoms with E-state index >= 15 is 0 Å². The largest absolute Gasteiger partial charge is 0.393 e. The zero-order chi connectivity index (χ0) is 14.5. The number of hydrogen-bond acceptors (Lipinski definition) is 5. The Hall–Kier alpha value is -1.73. The molecule has 0 radical (unpaired) electrons. The summed E-state index contributed by atoms with van der Waals surface area (Å²) in [5.74, 6) is -0.258. The van der Waals surface area contributed by atoms with Crippen molar-refractivity contribution >= 4 is 27.5 Å². The van der Waals surface area contributed by atoms with Crippen LogP contribution in [0.2, 0.25) is 0 Å². The van der Waals surface area contributed by atoms with Crippen molar-refractivity contribution in [3.63, 3.8) is 0 Å². The fourth-order valence-corrected chi connectivity index (χ4v) is 2.52. The van der Waals surface area contributed by atoms with Gasteiger partial charge in [0.2, 0.25) is 5.91 Å². The van der Waals surface area contributed by atoms with E-state index in [0.717, 1.165) is 0 Å². The number of amides is 1. The lowest BCUT2D eigenvalue weighted by Gasteiger charge is -2.09. The fraction of sp³-hybridized carbons (Fsp3) is 0.462.